The molecule has 0 bridgehead atoms. The first kappa shape index (κ1) is 9.97. The van der Waals surface area contributed by atoms with Crippen LogP contribution in [0.25, 0.3) is 5.03 Å². The first-order valence-electron chi connectivity index (χ1n) is 4.22. The molecule has 0 aliphatic carbocycles. The van der Waals surface area contributed by atoms with Crippen LogP contribution in [0.5, 0.6) is 0 Å². The van der Waals surface area contributed by atoms with Crippen LogP contribution in [-0.4, -0.2) is 33.9 Å². The van der Waals surface area contributed by atoms with Crippen molar-refractivity contribution in [2.24, 2.45) is 0 Å². The van der Waals surface area contributed by atoms with Crippen LogP contribution in [0, 0.1) is 0 Å². The van der Waals surface area contributed by atoms with Gasteiger partial charge in [-0.3, -0.25) is 9.59 Å². The SMILES string of the molecule is COC(=O)C1SC(n2cccn2)=CC1=O. The highest BCUT2D eigenvalue weighted by Crippen LogP contribution is 2.33. The van der Waals surface area contributed by atoms with Gasteiger partial charge in [-0.25, -0.2) is 4.68 Å². The summed E-state index contributed by atoms with van der Waals surface area (Å²) in [5.41, 5.74) is 0. The summed E-state index contributed by atoms with van der Waals surface area (Å²) in [5, 5.41) is 3.83. The van der Waals surface area contributed by atoms with Gasteiger partial charge in [-0.15, -0.1) is 0 Å². The fourth-order valence-corrected chi connectivity index (χ4v) is 2.22. The van der Waals surface area contributed by atoms with E-state index in [0.717, 1.165) is 11.8 Å². The van der Waals surface area contributed by atoms with E-state index >= 15 is 0 Å². The Morgan fingerprint density at radius 3 is 3.07 bits per heavy atom. The number of allylic oxidation sites excluding steroid dienone is 1. The van der Waals surface area contributed by atoms with E-state index in [1.165, 1.54) is 13.2 Å². The molecule has 0 saturated carbocycles. The Hall–Kier alpha value is -1.56. The molecule has 0 spiro atoms. The minimum Gasteiger partial charge on any atom is -0.468 e. The van der Waals surface area contributed by atoms with Crippen LogP contribution in [0.15, 0.2) is 24.5 Å². The molecule has 6 heteroatoms. The van der Waals surface area contributed by atoms with Crippen LogP contribution in [-0.2, 0) is 14.3 Å². The zero-order chi connectivity index (χ0) is 10.8. The maximum atomic E-state index is 11.4. The van der Waals surface area contributed by atoms with Crippen LogP contribution in [0.4, 0.5) is 0 Å². The smallest absolute Gasteiger partial charge is 0.327 e. The third-order valence-electron chi connectivity index (χ3n) is 1.91. The summed E-state index contributed by atoms with van der Waals surface area (Å²) < 4.78 is 6.07. The molecule has 1 unspecified atom stereocenters. The van der Waals surface area contributed by atoms with Gasteiger partial charge in [-0.2, -0.15) is 5.10 Å². The standard InChI is InChI=1S/C9H8N2O3S/c1-14-9(13)8-6(12)5-7(15-8)11-4-2-3-10-11/h2-5,8H,1H3. The summed E-state index contributed by atoms with van der Waals surface area (Å²) in [7, 11) is 1.27. The first-order chi connectivity index (χ1) is 7.22. The molecule has 0 radical (unpaired) electrons. The number of carbonyl (C=O) groups excluding carboxylic acids is 2. The van der Waals surface area contributed by atoms with Gasteiger partial charge in [0.15, 0.2) is 11.0 Å². The van der Waals surface area contributed by atoms with Crippen LogP contribution in [0.2, 0.25) is 0 Å². The van der Waals surface area contributed by atoms with Crippen LogP contribution < -0.4 is 0 Å². The zero-order valence-electron chi connectivity index (χ0n) is 7.91. The number of esters is 1. The first-order valence-corrected chi connectivity index (χ1v) is 5.10. The number of methoxy groups -OCH3 is 1. The van der Waals surface area contributed by atoms with Gasteiger partial charge in [0.25, 0.3) is 0 Å². The lowest BCUT2D eigenvalue weighted by atomic mass is 10.3. The van der Waals surface area contributed by atoms with Crippen molar-refractivity contribution in [2.45, 2.75) is 5.25 Å². The summed E-state index contributed by atoms with van der Waals surface area (Å²) in [6.07, 6.45) is 4.72. The number of hydrogen-bond acceptors (Lipinski definition) is 5. The van der Waals surface area contributed by atoms with E-state index in [1.54, 1.807) is 23.1 Å². The van der Waals surface area contributed by atoms with Crippen molar-refractivity contribution >= 4 is 28.5 Å². The molecule has 1 atom stereocenters. The molecule has 2 rings (SSSR count). The van der Waals surface area contributed by atoms with Crippen molar-refractivity contribution in [3.05, 3.63) is 24.5 Å². The highest BCUT2D eigenvalue weighted by molar-refractivity contribution is 8.10. The topological polar surface area (TPSA) is 61.2 Å². The van der Waals surface area contributed by atoms with Gasteiger partial charge in [0.1, 0.15) is 5.03 Å². The summed E-state index contributed by atoms with van der Waals surface area (Å²) in [5.74, 6) is -0.777. The quantitative estimate of drug-likeness (QED) is 0.542. The number of aromatic nitrogens is 2. The van der Waals surface area contributed by atoms with E-state index in [-0.39, 0.29) is 5.78 Å². The van der Waals surface area contributed by atoms with Gasteiger partial charge >= 0.3 is 5.97 Å². The van der Waals surface area contributed by atoms with Gasteiger partial charge in [0, 0.05) is 18.5 Å². The van der Waals surface area contributed by atoms with E-state index in [0.29, 0.717) is 5.03 Å². The second-order valence-electron chi connectivity index (χ2n) is 2.86. The average Bonchev–Trinajstić information content (AvgIpc) is 2.84. The monoisotopic (exact) mass is 224 g/mol. The molecule has 1 aromatic rings. The van der Waals surface area contributed by atoms with Gasteiger partial charge < -0.3 is 4.74 Å². The zero-order valence-corrected chi connectivity index (χ0v) is 8.73. The predicted molar refractivity (Wildman–Crippen MR) is 54.9 cm³/mol. The molecular formula is C9H8N2O3S. The molecule has 1 aliphatic rings. The second-order valence-corrected chi connectivity index (χ2v) is 3.98. The van der Waals surface area contributed by atoms with E-state index in [2.05, 4.69) is 9.84 Å². The van der Waals surface area contributed by atoms with Gasteiger partial charge in [0.05, 0.1) is 7.11 Å². The molecule has 15 heavy (non-hydrogen) atoms. The number of carbonyl (C=O) groups is 2. The fourth-order valence-electron chi connectivity index (χ4n) is 1.20. The third kappa shape index (κ3) is 1.80. The lowest BCUT2D eigenvalue weighted by Crippen LogP contribution is -2.23. The normalized spacial score (nSPS) is 20.2. The Kier molecular flexibility index (Phi) is 2.59. The predicted octanol–water partition coefficient (Wildman–Crippen LogP) is 0.539. The minimum atomic E-state index is -0.783. The Balaban J connectivity index is 2.18. The van der Waals surface area contributed by atoms with Crippen molar-refractivity contribution in [1.29, 1.82) is 0 Å². The molecule has 2 heterocycles. The van der Waals surface area contributed by atoms with E-state index in [1.807, 2.05) is 0 Å². The Morgan fingerprint density at radius 2 is 2.47 bits per heavy atom. The fraction of sp³-hybridized carbons (Fsp3) is 0.222. The highest BCUT2D eigenvalue weighted by Gasteiger charge is 2.34. The second kappa shape index (κ2) is 3.90. The summed E-state index contributed by atoms with van der Waals surface area (Å²) in [6.45, 7) is 0. The van der Waals surface area contributed by atoms with Crippen molar-refractivity contribution in [3.8, 4) is 0 Å². The molecule has 5 nitrogen and oxygen atoms in total. The molecule has 1 aliphatic heterocycles. The molecule has 0 N–H and O–H groups in total. The van der Waals surface area contributed by atoms with Crippen molar-refractivity contribution in [2.75, 3.05) is 7.11 Å². The number of thioether (sulfide) groups is 1. The van der Waals surface area contributed by atoms with E-state index in [9.17, 15) is 9.59 Å². The van der Waals surface area contributed by atoms with Gasteiger partial charge in [0.2, 0.25) is 0 Å². The van der Waals surface area contributed by atoms with Crippen molar-refractivity contribution < 1.29 is 14.3 Å². The molecule has 78 valence electrons. The van der Waals surface area contributed by atoms with E-state index < -0.39 is 11.2 Å². The molecule has 1 aromatic heterocycles. The number of hydrogen-bond donors (Lipinski definition) is 0. The van der Waals surface area contributed by atoms with Crippen LogP contribution in [0.3, 0.4) is 0 Å². The Morgan fingerprint density at radius 1 is 1.67 bits per heavy atom. The van der Waals surface area contributed by atoms with Crippen LogP contribution in [0.1, 0.15) is 0 Å². The number of rotatable bonds is 2. The Bertz CT molecular complexity index is 425. The maximum Gasteiger partial charge on any atom is 0.327 e. The molecule has 0 amide bonds. The van der Waals surface area contributed by atoms with E-state index in [4.69, 9.17) is 0 Å². The molecule has 0 saturated heterocycles. The lowest BCUT2D eigenvalue weighted by Gasteiger charge is -2.05. The lowest BCUT2D eigenvalue weighted by molar-refractivity contribution is -0.141. The number of ether oxygens (including phenoxy) is 1. The maximum absolute atomic E-state index is 11.4. The number of ketones is 1. The summed E-state index contributed by atoms with van der Waals surface area (Å²) in [6, 6.07) is 1.75. The van der Waals surface area contributed by atoms with Crippen LogP contribution >= 0.6 is 11.8 Å². The minimum absolute atomic E-state index is 0.252. The largest absolute Gasteiger partial charge is 0.468 e. The highest BCUT2D eigenvalue weighted by atomic mass is 32.2. The van der Waals surface area contributed by atoms with Crippen molar-refractivity contribution in [3.63, 3.8) is 0 Å². The molecular weight excluding hydrogens is 216 g/mol. The summed E-state index contributed by atoms with van der Waals surface area (Å²) in [4.78, 5) is 22.7. The molecule has 0 fully saturated rings. The summed E-state index contributed by atoms with van der Waals surface area (Å²) >= 11 is 1.15. The molecule has 0 aromatic carbocycles. The van der Waals surface area contributed by atoms with Gasteiger partial charge in [-0.05, 0) is 6.07 Å². The average molecular weight is 224 g/mol. The Labute approximate surface area is 90.1 Å². The third-order valence-corrected chi connectivity index (χ3v) is 3.12. The number of nitrogens with zero attached hydrogens (tertiary/aromatic N) is 2. The van der Waals surface area contributed by atoms with Crippen molar-refractivity contribution in [1.82, 2.24) is 9.78 Å². The van der Waals surface area contributed by atoms with Gasteiger partial charge in [-0.1, -0.05) is 11.8 Å².